The molecule has 7 heteroatoms. The zero-order valence-corrected chi connectivity index (χ0v) is 13.3. The van der Waals surface area contributed by atoms with E-state index in [1.165, 1.54) is 23.5 Å². The first-order chi connectivity index (χ1) is 11.9. The van der Waals surface area contributed by atoms with Crippen molar-refractivity contribution in [3.05, 3.63) is 54.1 Å². The van der Waals surface area contributed by atoms with Crippen LogP contribution in [0.3, 0.4) is 0 Å². The van der Waals surface area contributed by atoms with Gasteiger partial charge in [0.15, 0.2) is 5.72 Å². The molecule has 2 aliphatic rings. The molecule has 1 unspecified atom stereocenters. The quantitative estimate of drug-likeness (QED) is 0.742. The fourth-order valence-corrected chi connectivity index (χ4v) is 3.14. The first-order valence-corrected chi connectivity index (χ1v) is 7.71. The molecule has 2 aliphatic heterocycles. The van der Waals surface area contributed by atoms with E-state index in [1.54, 1.807) is 19.1 Å². The third kappa shape index (κ3) is 2.72. The molecular weight excluding hydrogens is 329 g/mol. The van der Waals surface area contributed by atoms with Crippen LogP contribution in [0.5, 0.6) is 0 Å². The van der Waals surface area contributed by atoms with Crippen molar-refractivity contribution >= 4 is 28.5 Å². The van der Waals surface area contributed by atoms with Gasteiger partial charge in [0, 0.05) is 29.5 Å². The van der Waals surface area contributed by atoms with Crippen LogP contribution in [0.1, 0.15) is 18.9 Å². The van der Waals surface area contributed by atoms with Gasteiger partial charge in [0.05, 0.1) is 12.8 Å². The molecule has 0 amide bonds. The Morgan fingerprint density at radius 1 is 1.20 bits per heavy atom. The van der Waals surface area contributed by atoms with Crippen molar-refractivity contribution in [2.24, 2.45) is 0 Å². The molecule has 1 atom stereocenters. The van der Waals surface area contributed by atoms with Gasteiger partial charge in [-0.2, -0.15) is 0 Å². The van der Waals surface area contributed by atoms with E-state index in [0.717, 1.165) is 17.7 Å². The van der Waals surface area contributed by atoms with Crippen LogP contribution >= 0.6 is 0 Å². The third-order valence-electron chi connectivity index (χ3n) is 4.29. The van der Waals surface area contributed by atoms with Crippen molar-refractivity contribution in [1.82, 2.24) is 5.06 Å². The maximum atomic E-state index is 13.9. The Morgan fingerprint density at radius 2 is 2.00 bits per heavy atom. The van der Waals surface area contributed by atoms with Gasteiger partial charge in [-0.25, -0.2) is 14.0 Å². The number of furan rings is 1. The largest absolute Gasteiger partial charge is 0.464 e. The minimum Gasteiger partial charge on any atom is -0.464 e. The Kier molecular flexibility index (Phi) is 3.47. The molecular formula is C18H14FNO5. The summed E-state index contributed by atoms with van der Waals surface area (Å²) < 4.78 is 24.9. The molecule has 2 aromatic rings. The van der Waals surface area contributed by atoms with Crippen molar-refractivity contribution < 1.29 is 28.0 Å². The second-order valence-electron chi connectivity index (χ2n) is 6.10. The van der Waals surface area contributed by atoms with Crippen LogP contribution in [0.4, 0.5) is 4.39 Å². The highest BCUT2D eigenvalue weighted by molar-refractivity contribution is 5.93. The fraction of sp³-hybridized carbons (Fsp3) is 0.222. The Bertz CT molecular complexity index is 944. The van der Waals surface area contributed by atoms with Gasteiger partial charge in [0.1, 0.15) is 11.4 Å². The van der Waals surface area contributed by atoms with E-state index in [9.17, 15) is 14.0 Å². The Hall–Kier alpha value is -2.93. The van der Waals surface area contributed by atoms with Crippen molar-refractivity contribution in [3.63, 3.8) is 0 Å². The highest BCUT2D eigenvalue weighted by Crippen LogP contribution is 2.38. The lowest BCUT2D eigenvalue weighted by molar-refractivity contribution is -0.273. The standard InChI is InChI=1S/C18H14FNO5/c1-18-10-12(14-9-13(19)8-11-5-7-23-17(11)14)4-6-20(18)25-16(22)3-2-15(21)24-18/h2-5,7-9H,6,10H2,1H3/b3-2+. The third-order valence-corrected chi connectivity index (χ3v) is 4.29. The summed E-state index contributed by atoms with van der Waals surface area (Å²) in [5, 5.41) is 1.95. The number of hydrogen-bond donors (Lipinski definition) is 0. The summed E-state index contributed by atoms with van der Waals surface area (Å²) in [6.07, 6.45) is 5.54. The van der Waals surface area contributed by atoms with E-state index in [2.05, 4.69) is 0 Å². The molecule has 25 heavy (non-hydrogen) atoms. The van der Waals surface area contributed by atoms with E-state index in [0.29, 0.717) is 16.5 Å². The number of benzene rings is 1. The van der Waals surface area contributed by atoms with Crippen LogP contribution < -0.4 is 0 Å². The first-order valence-electron chi connectivity index (χ1n) is 7.71. The summed E-state index contributed by atoms with van der Waals surface area (Å²) in [4.78, 5) is 28.8. The van der Waals surface area contributed by atoms with Crippen LogP contribution in [0.15, 0.2) is 47.1 Å². The predicted octanol–water partition coefficient (Wildman–Crippen LogP) is 2.95. The van der Waals surface area contributed by atoms with Crippen LogP contribution in [0.25, 0.3) is 16.5 Å². The average Bonchev–Trinajstić information content (AvgIpc) is 3.01. The van der Waals surface area contributed by atoms with E-state index >= 15 is 0 Å². The Balaban J connectivity index is 1.76. The molecule has 1 aromatic heterocycles. The molecule has 0 saturated carbocycles. The molecule has 0 spiro atoms. The number of carbonyl (C=O) groups excluding carboxylic acids is 2. The smallest absolute Gasteiger partial charge is 0.350 e. The number of nitrogens with zero attached hydrogens (tertiary/aromatic N) is 1. The van der Waals surface area contributed by atoms with Gasteiger partial charge < -0.3 is 14.0 Å². The number of ether oxygens (including phenoxy) is 1. The summed E-state index contributed by atoms with van der Waals surface area (Å²) in [5.41, 5.74) is 0.679. The molecule has 6 nitrogen and oxygen atoms in total. The Morgan fingerprint density at radius 3 is 2.84 bits per heavy atom. The van der Waals surface area contributed by atoms with Gasteiger partial charge in [-0.15, -0.1) is 0 Å². The second kappa shape index (κ2) is 5.56. The van der Waals surface area contributed by atoms with Crippen LogP contribution in [0, 0.1) is 5.82 Å². The Labute approximate surface area is 142 Å². The highest BCUT2D eigenvalue weighted by Gasteiger charge is 2.42. The molecule has 0 fully saturated rings. The van der Waals surface area contributed by atoms with Gasteiger partial charge in [-0.05, 0) is 30.7 Å². The van der Waals surface area contributed by atoms with E-state index < -0.39 is 17.7 Å². The summed E-state index contributed by atoms with van der Waals surface area (Å²) in [6, 6.07) is 4.46. The lowest BCUT2D eigenvalue weighted by atomic mass is 9.92. The summed E-state index contributed by atoms with van der Waals surface area (Å²) in [6.45, 7) is 1.83. The van der Waals surface area contributed by atoms with Crippen LogP contribution in [-0.2, 0) is 19.2 Å². The normalized spacial score (nSPS) is 25.4. The fourth-order valence-electron chi connectivity index (χ4n) is 3.14. The van der Waals surface area contributed by atoms with Crippen LogP contribution in [0.2, 0.25) is 0 Å². The summed E-state index contributed by atoms with van der Waals surface area (Å²) in [5.74, 6) is -1.69. The second-order valence-corrected chi connectivity index (χ2v) is 6.10. The lowest BCUT2D eigenvalue weighted by Crippen LogP contribution is -2.53. The molecule has 0 N–H and O–H groups in total. The molecule has 128 valence electrons. The molecule has 4 rings (SSSR count). The SMILES string of the molecule is CC12CC(c3cc(F)cc4ccoc34)=CCN1OC(=O)/C=C/C(=O)O2. The van der Waals surface area contributed by atoms with Gasteiger partial charge in [0.25, 0.3) is 0 Å². The maximum Gasteiger partial charge on any atom is 0.350 e. The summed E-state index contributed by atoms with van der Waals surface area (Å²) >= 11 is 0. The van der Waals surface area contributed by atoms with Crippen molar-refractivity contribution in [2.75, 3.05) is 6.54 Å². The van der Waals surface area contributed by atoms with E-state index in [4.69, 9.17) is 14.0 Å². The van der Waals surface area contributed by atoms with Gasteiger partial charge in [0.2, 0.25) is 0 Å². The van der Waals surface area contributed by atoms with E-state index in [-0.39, 0.29) is 18.8 Å². The molecule has 0 radical (unpaired) electrons. The molecule has 0 bridgehead atoms. The minimum absolute atomic E-state index is 0.192. The lowest BCUT2D eigenvalue weighted by Gasteiger charge is -2.41. The predicted molar refractivity (Wildman–Crippen MR) is 85.2 cm³/mol. The van der Waals surface area contributed by atoms with E-state index in [1.807, 2.05) is 0 Å². The molecule has 3 heterocycles. The molecule has 1 aromatic carbocycles. The zero-order valence-electron chi connectivity index (χ0n) is 13.3. The molecule has 0 aliphatic carbocycles. The van der Waals surface area contributed by atoms with Crippen LogP contribution in [-0.4, -0.2) is 29.3 Å². The number of fused-ring (bicyclic) bond motifs is 2. The number of rotatable bonds is 1. The summed E-state index contributed by atoms with van der Waals surface area (Å²) in [7, 11) is 0. The van der Waals surface area contributed by atoms with Gasteiger partial charge >= 0.3 is 11.9 Å². The number of hydrogen-bond acceptors (Lipinski definition) is 6. The highest BCUT2D eigenvalue weighted by atomic mass is 19.1. The monoisotopic (exact) mass is 343 g/mol. The average molecular weight is 343 g/mol. The topological polar surface area (TPSA) is 69.0 Å². The number of hydroxylamine groups is 2. The number of carbonyl (C=O) groups is 2. The maximum absolute atomic E-state index is 13.9. The van der Waals surface area contributed by atoms with Crippen molar-refractivity contribution in [1.29, 1.82) is 0 Å². The van der Waals surface area contributed by atoms with Gasteiger partial charge in [-0.1, -0.05) is 11.1 Å². The number of esters is 1. The number of halogens is 1. The molecule has 0 saturated heterocycles. The van der Waals surface area contributed by atoms with Gasteiger partial charge in [-0.3, -0.25) is 0 Å². The van der Waals surface area contributed by atoms with Crippen molar-refractivity contribution in [2.45, 2.75) is 19.1 Å². The minimum atomic E-state index is -1.20. The van der Waals surface area contributed by atoms with Crippen molar-refractivity contribution in [3.8, 4) is 0 Å². The first kappa shape index (κ1) is 15.6. The zero-order chi connectivity index (χ0) is 17.6.